The first-order chi connectivity index (χ1) is 7.29. The minimum Gasteiger partial charge on any atom is -0.444 e. The number of hydrogen-bond acceptors (Lipinski definition) is 3. The number of rotatable bonds is 1. The third-order valence-corrected chi connectivity index (χ3v) is 2.65. The van der Waals surface area contributed by atoms with E-state index < -0.39 is 5.60 Å². The van der Waals surface area contributed by atoms with Gasteiger partial charge < -0.3 is 9.64 Å². The highest BCUT2D eigenvalue weighted by Crippen LogP contribution is 2.19. The Bertz CT molecular complexity index is 280. The number of ether oxygens (including phenoxy) is 1. The lowest BCUT2D eigenvalue weighted by Crippen LogP contribution is -2.44. The molecule has 1 aliphatic rings. The van der Waals surface area contributed by atoms with Crippen molar-refractivity contribution in [3.63, 3.8) is 0 Å². The van der Waals surface area contributed by atoms with E-state index in [1.807, 2.05) is 20.8 Å². The number of carbonyl (C=O) groups is 2. The number of amides is 1. The van der Waals surface area contributed by atoms with Gasteiger partial charge in [0.15, 0.2) is 0 Å². The van der Waals surface area contributed by atoms with Crippen LogP contribution in [0.5, 0.6) is 0 Å². The van der Waals surface area contributed by atoms with Crippen LogP contribution < -0.4 is 0 Å². The number of nitrogens with zero attached hydrogens (tertiary/aromatic N) is 1. The van der Waals surface area contributed by atoms with E-state index in [0.717, 1.165) is 12.8 Å². The van der Waals surface area contributed by atoms with Crippen LogP contribution in [0, 0.1) is 5.92 Å². The molecule has 1 saturated heterocycles. The Balaban J connectivity index is 2.54. The van der Waals surface area contributed by atoms with E-state index in [1.165, 1.54) is 0 Å². The van der Waals surface area contributed by atoms with Gasteiger partial charge in [-0.3, -0.25) is 4.79 Å². The van der Waals surface area contributed by atoms with Crippen LogP contribution in [-0.2, 0) is 9.53 Å². The third-order valence-electron chi connectivity index (χ3n) is 2.65. The van der Waals surface area contributed by atoms with Crippen LogP contribution in [0.1, 0.15) is 40.5 Å². The number of hydrogen-bond donors (Lipinski definition) is 0. The van der Waals surface area contributed by atoms with Gasteiger partial charge in [0.2, 0.25) is 0 Å². The first kappa shape index (κ1) is 13.0. The predicted octanol–water partition coefficient (Wildman–Crippen LogP) is 2.22. The molecule has 0 aromatic rings. The fraction of sp³-hybridized carbons (Fsp3) is 0.833. The van der Waals surface area contributed by atoms with E-state index in [0.29, 0.717) is 13.1 Å². The molecule has 1 unspecified atom stereocenters. The second-order valence-corrected chi connectivity index (χ2v) is 5.38. The topological polar surface area (TPSA) is 46.6 Å². The van der Waals surface area contributed by atoms with Gasteiger partial charge in [-0.2, -0.15) is 0 Å². The van der Waals surface area contributed by atoms with E-state index in [1.54, 1.807) is 11.8 Å². The molecule has 0 bridgehead atoms. The number of ketones is 1. The van der Waals surface area contributed by atoms with Gasteiger partial charge in [0.1, 0.15) is 11.4 Å². The Morgan fingerprint density at radius 1 is 1.31 bits per heavy atom. The van der Waals surface area contributed by atoms with Crippen molar-refractivity contribution in [3.05, 3.63) is 0 Å². The van der Waals surface area contributed by atoms with Gasteiger partial charge in [0.05, 0.1) is 0 Å². The molecule has 4 heteroatoms. The highest BCUT2D eigenvalue weighted by Gasteiger charge is 2.29. The molecule has 4 nitrogen and oxygen atoms in total. The number of Topliss-reactive ketones (excluding diaryl/α,β-unsaturated/α-hetero) is 1. The second kappa shape index (κ2) is 4.85. The maximum atomic E-state index is 11.8. The normalized spacial score (nSPS) is 21.8. The summed E-state index contributed by atoms with van der Waals surface area (Å²) in [5, 5.41) is 0. The minimum absolute atomic E-state index is 0.0127. The second-order valence-electron chi connectivity index (χ2n) is 5.38. The fourth-order valence-electron chi connectivity index (χ4n) is 1.80. The molecule has 0 radical (unpaired) electrons. The summed E-state index contributed by atoms with van der Waals surface area (Å²) in [6, 6.07) is 0. The third kappa shape index (κ3) is 3.83. The predicted molar refractivity (Wildman–Crippen MR) is 61.2 cm³/mol. The summed E-state index contributed by atoms with van der Waals surface area (Å²) < 4.78 is 5.28. The first-order valence-corrected chi connectivity index (χ1v) is 5.78. The zero-order chi connectivity index (χ0) is 12.3. The highest BCUT2D eigenvalue weighted by molar-refractivity contribution is 5.79. The zero-order valence-corrected chi connectivity index (χ0v) is 10.6. The zero-order valence-electron chi connectivity index (χ0n) is 10.6. The Morgan fingerprint density at radius 3 is 2.44 bits per heavy atom. The van der Waals surface area contributed by atoms with Gasteiger partial charge >= 0.3 is 6.09 Å². The molecule has 0 N–H and O–H groups in total. The molecule has 92 valence electrons. The molecule has 1 rings (SSSR count). The number of carbonyl (C=O) groups excluding carboxylic acids is 2. The molecule has 0 aliphatic carbocycles. The van der Waals surface area contributed by atoms with Crippen molar-refractivity contribution < 1.29 is 14.3 Å². The smallest absolute Gasteiger partial charge is 0.410 e. The Morgan fingerprint density at radius 2 is 1.94 bits per heavy atom. The molecule has 0 aromatic carbocycles. The van der Waals surface area contributed by atoms with Crippen LogP contribution in [0.2, 0.25) is 0 Å². The van der Waals surface area contributed by atoms with Gasteiger partial charge in [-0.25, -0.2) is 4.79 Å². The van der Waals surface area contributed by atoms with Crippen molar-refractivity contribution in [2.45, 2.75) is 46.1 Å². The highest BCUT2D eigenvalue weighted by atomic mass is 16.6. The molecule has 1 aliphatic heterocycles. The summed E-state index contributed by atoms with van der Waals surface area (Å²) in [6.45, 7) is 8.32. The summed E-state index contributed by atoms with van der Waals surface area (Å²) >= 11 is 0. The Kier molecular flexibility index (Phi) is 3.94. The summed E-state index contributed by atoms with van der Waals surface area (Å²) in [5.74, 6) is 0.148. The van der Waals surface area contributed by atoms with E-state index in [4.69, 9.17) is 4.74 Å². The molecule has 0 spiro atoms. The van der Waals surface area contributed by atoms with E-state index >= 15 is 0 Å². The largest absolute Gasteiger partial charge is 0.444 e. The fourth-order valence-corrected chi connectivity index (χ4v) is 1.80. The van der Waals surface area contributed by atoms with Gasteiger partial charge in [-0.05, 0) is 40.5 Å². The van der Waals surface area contributed by atoms with Crippen LogP contribution in [0.4, 0.5) is 4.79 Å². The minimum atomic E-state index is -0.472. The summed E-state index contributed by atoms with van der Waals surface area (Å²) in [7, 11) is 0. The lowest BCUT2D eigenvalue weighted by Gasteiger charge is -2.33. The van der Waals surface area contributed by atoms with Crippen molar-refractivity contribution in [3.8, 4) is 0 Å². The van der Waals surface area contributed by atoms with E-state index in [9.17, 15) is 9.59 Å². The van der Waals surface area contributed by atoms with Crippen molar-refractivity contribution in [1.29, 1.82) is 0 Å². The van der Waals surface area contributed by atoms with Gasteiger partial charge in [-0.1, -0.05) is 0 Å². The molecule has 1 atom stereocenters. The molecular weight excluding hydrogens is 206 g/mol. The lowest BCUT2D eigenvalue weighted by molar-refractivity contribution is -0.122. The monoisotopic (exact) mass is 227 g/mol. The molecule has 0 saturated carbocycles. The average molecular weight is 227 g/mol. The van der Waals surface area contributed by atoms with Crippen LogP contribution in [0.3, 0.4) is 0 Å². The molecule has 1 amide bonds. The van der Waals surface area contributed by atoms with Crippen molar-refractivity contribution in [2.24, 2.45) is 5.92 Å². The van der Waals surface area contributed by atoms with Crippen LogP contribution in [0.25, 0.3) is 0 Å². The SMILES string of the molecule is CC(=O)C1CCCN(C(=O)OC(C)(C)C)C1. The maximum absolute atomic E-state index is 11.8. The van der Waals surface area contributed by atoms with E-state index in [-0.39, 0.29) is 17.8 Å². The number of likely N-dealkylation sites (tertiary alicyclic amines) is 1. The van der Waals surface area contributed by atoms with Gasteiger partial charge in [-0.15, -0.1) is 0 Å². The number of piperidine rings is 1. The molecule has 1 fully saturated rings. The molecule has 1 heterocycles. The Labute approximate surface area is 96.9 Å². The molecular formula is C12H21NO3. The Hall–Kier alpha value is -1.06. The van der Waals surface area contributed by atoms with Gasteiger partial charge in [0.25, 0.3) is 0 Å². The molecule has 0 aromatic heterocycles. The summed E-state index contributed by atoms with van der Waals surface area (Å²) in [5.41, 5.74) is -0.472. The average Bonchev–Trinajstić information content (AvgIpc) is 2.15. The maximum Gasteiger partial charge on any atom is 0.410 e. The summed E-state index contributed by atoms with van der Waals surface area (Å²) in [6.07, 6.45) is 1.46. The van der Waals surface area contributed by atoms with Gasteiger partial charge in [0, 0.05) is 19.0 Å². The van der Waals surface area contributed by atoms with Crippen LogP contribution in [-0.4, -0.2) is 35.5 Å². The lowest BCUT2D eigenvalue weighted by atomic mass is 9.95. The van der Waals surface area contributed by atoms with Crippen molar-refractivity contribution in [1.82, 2.24) is 4.90 Å². The molecule has 16 heavy (non-hydrogen) atoms. The standard InChI is InChI=1S/C12H21NO3/c1-9(14)10-6-5-7-13(8-10)11(15)16-12(2,3)4/h10H,5-8H2,1-4H3. The quantitative estimate of drug-likeness (QED) is 0.690. The van der Waals surface area contributed by atoms with Crippen LogP contribution >= 0.6 is 0 Å². The van der Waals surface area contributed by atoms with Crippen molar-refractivity contribution >= 4 is 11.9 Å². The van der Waals surface area contributed by atoms with Crippen LogP contribution in [0.15, 0.2) is 0 Å². The van der Waals surface area contributed by atoms with E-state index in [2.05, 4.69) is 0 Å². The first-order valence-electron chi connectivity index (χ1n) is 5.78. The summed E-state index contributed by atoms with van der Waals surface area (Å²) in [4.78, 5) is 24.7. The van der Waals surface area contributed by atoms with Crippen molar-refractivity contribution in [2.75, 3.05) is 13.1 Å².